The fourth-order valence-electron chi connectivity index (χ4n) is 2.16. The lowest BCUT2D eigenvalue weighted by atomic mass is 10.0. The minimum absolute atomic E-state index is 0.471. The quantitative estimate of drug-likeness (QED) is 0.811. The van der Waals surface area contributed by atoms with Crippen LogP contribution in [0.2, 0.25) is 0 Å². The molecule has 0 radical (unpaired) electrons. The van der Waals surface area contributed by atoms with E-state index in [0.717, 1.165) is 23.1 Å². The van der Waals surface area contributed by atoms with Gasteiger partial charge in [0.25, 0.3) is 0 Å². The zero-order valence-corrected chi connectivity index (χ0v) is 11.0. The van der Waals surface area contributed by atoms with E-state index in [1.807, 2.05) is 13.0 Å². The molecule has 4 nitrogen and oxygen atoms in total. The maximum Gasteiger partial charge on any atom is 0.163 e. The van der Waals surface area contributed by atoms with E-state index in [4.69, 9.17) is 11.5 Å². The Kier molecular flexibility index (Phi) is 3.65. The molecule has 96 valence electrons. The molecule has 0 aliphatic heterocycles. The first-order valence-electron chi connectivity index (χ1n) is 6.44. The van der Waals surface area contributed by atoms with Crippen molar-refractivity contribution in [1.29, 1.82) is 0 Å². The molecule has 0 atom stereocenters. The maximum absolute atomic E-state index is 6.16. The number of pyridine rings is 2. The summed E-state index contributed by atoms with van der Waals surface area (Å²) < 4.78 is 0. The summed E-state index contributed by atoms with van der Waals surface area (Å²) in [6, 6.07) is 2.03. The van der Waals surface area contributed by atoms with Gasteiger partial charge in [-0.2, -0.15) is 0 Å². The number of fused-ring (bicyclic) bond motifs is 1. The largest absolute Gasteiger partial charge is 0.398 e. The number of aromatic nitrogens is 2. The topological polar surface area (TPSA) is 77.8 Å². The normalized spacial score (nSPS) is 11.0. The zero-order valence-electron chi connectivity index (χ0n) is 11.0. The maximum atomic E-state index is 6.16. The molecule has 0 saturated heterocycles. The Morgan fingerprint density at radius 3 is 2.72 bits per heavy atom. The average molecular weight is 244 g/mol. The van der Waals surface area contributed by atoms with Gasteiger partial charge in [-0.15, -0.1) is 0 Å². The van der Waals surface area contributed by atoms with Crippen LogP contribution in [0.1, 0.15) is 37.3 Å². The van der Waals surface area contributed by atoms with Gasteiger partial charge in [0.2, 0.25) is 0 Å². The van der Waals surface area contributed by atoms with Crippen LogP contribution in [0, 0.1) is 6.92 Å². The molecule has 0 saturated carbocycles. The SMILES string of the molecule is CCCCCc1ccnc2nc(N)c(C)c(N)c12. The van der Waals surface area contributed by atoms with Crippen LogP contribution in [0.15, 0.2) is 12.3 Å². The number of hydrogen-bond donors (Lipinski definition) is 2. The van der Waals surface area contributed by atoms with E-state index in [0.29, 0.717) is 11.5 Å². The predicted molar refractivity (Wildman–Crippen MR) is 76.3 cm³/mol. The van der Waals surface area contributed by atoms with Crippen molar-refractivity contribution in [2.24, 2.45) is 0 Å². The summed E-state index contributed by atoms with van der Waals surface area (Å²) in [5, 5.41) is 0.973. The van der Waals surface area contributed by atoms with Gasteiger partial charge in [-0.1, -0.05) is 19.8 Å². The minimum Gasteiger partial charge on any atom is -0.398 e. The van der Waals surface area contributed by atoms with E-state index >= 15 is 0 Å². The van der Waals surface area contributed by atoms with Gasteiger partial charge in [0.05, 0.1) is 0 Å². The van der Waals surface area contributed by atoms with Gasteiger partial charge in [0, 0.05) is 22.8 Å². The van der Waals surface area contributed by atoms with Gasteiger partial charge in [0.1, 0.15) is 5.82 Å². The average Bonchev–Trinajstić information content (AvgIpc) is 2.36. The zero-order chi connectivity index (χ0) is 13.1. The molecule has 0 spiro atoms. The Balaban J connectivity index is 2.50. The molecule has 2 aromatic heterocycles. The molecule has 0 fully saturated rings. The molecule has 4 N–H and O–H groups in total. The van der Waals surface area contributed by atoms with E-state index in [1.54, 1.807) is 6.20 Å². The van der Waals surface area contributed by atoms with Crippen LogP contribution in [0.3, 0.4) is 0 Å². The highest BCUT2D eigenvalue weighted by Gasteiger charge is 2.11. The van der Waals surface area contributed by atoms with Crippen molar-refractivity contribution in [2.75, 3.05) is 11.5 Å². The fourth-order valence-corrected chi connectivity index (χ4v) is 2.16. The molecule has 0 aliphatic carbocycles. The van der Waals surface area contributed by atoms with Crippen LogP contribution in [0.5, 0.6) is 0 Å². The highest BCUT2D eigenvalue weighted by Crippen LogP contribution is 2.29. The molecule has 2 heterocycles. The van der Waals surface area contributed by atoms with Crippen LogP contribution in [0.4, 0.5) is 11.5 Å². The van der Waals surface area contributed by atoms with Crippen molar-refractivity contribution >= 4 is 22.5 Å². The van der Waals surface area contributed by atoms with E-state index < -0.39 is 0 Å². The third-order valence-electron chi connectivity index (χ3n) is 3.35. The molecule has 2 aromatic rings. The molecule has 18 heavy (non-hydrogen) atoms. The summed E-state index contributed by atoms with van der Waals surface area (Å²) in [7, 11) is 0. The van der Waals surface area contributed by atoms with Crippen molar-refractivity contribution < 1.29 is 0 Å². The lowest BCUT2D eigenvalue weighted by molar-refractivity contribution is 0.719. The molecular formula is C14H20N4. The van der Waals surface area contributed by atoms with Crippen molar-refractivity contribution in [3.63, 3.8) is 0 Å². The first kappa shape index (κ1) is 12.6. The van der Waals surface area contributed by atoms with E-state index in [9.17, 15) is 0 Å². The number of hydrogen-bond acceptors (Lipinski definition) is 4. The van der Waals surface area contributed by atoms with Gasteiger partial charge in [-0.25, -0.2) is 9.97 Å². The molecule has 0 amide bonds. The Labute approximate surface area is 107 Å². The molecule has 0 aliphatic rings. The number of nitrogen functional groups attached to an aromatic ring is 2. The van der Waals surface area contributed by atoms with Crippen molar-refractivity contribution in [3.05, 3.63) is 23.4 Å². The molecule has 2 rings (SSSR count). The number of anilines is 2. The van der Waals surface area contributed by atoms with Gasteiger partial charge < -0.3 is 11.5 Å². The number of rotatable bonds is 4. The second-order valence-electron chi connectivity index (χ2n) is 4.66. The van der Waals surface area contributed by atoms with E-state index in [2.05, 4.69) is 16.9 Å². The highest BCUT2D eigenvalue weighted by molar-refractivity contribution is 5.94. The third-order valence-corrected chi connectivity index (χ3v) is 3.35. The smallest absolute Gasteiger partial charge is 0.163 e. The van der Waals surface area contributed by atoms with Crippen LogP contribution in [0.25, 0.3) is 11.0 Å². The van der Waals surface area contributed by atoms with Crippen LogP contribution in [-0.2, 0) is 6.42 Å². The summed E-state index contributed by atoms with van der Waals surface area (Å²) in [4.78, 5) is 8.57. The molecule has 0 aromatic carbocycles. The van der Waals surface area contributed by atoms with Crippen molar-refractivity contribution in [1.82, 2.24) is 9.97 Å². The summed E-state index contributed by atoms with van der Waals surface area (Å²) >= 11 is 0. The minimum atomic E-state index is 0.471. The van der Waals surface area contributed by atoms with Crippen molar-refractivity contribution in [2.45, 2.75) is 39.5 Å². The molecule has 0 unspecified atom stereocenters. The van der Waals surface area contributed by atoms with E-state index in [1.165, 1.54) is 24.8 Å². The lowest BCUT2D eigenvalue weighted by Gasteiger charge is -2.11. The fraction of sp³-hybridized carbons (Fsp3) is 0.429. The second kappa shape index (κ2) is 5.21. The molecular weight excluding hydrogens is 224 g/mol. The van der Waals surface area contributed by atoms with Gasteiger partial charge in [-0.3, -0.25) is 0 Å². The Morgan fingerprint density at radius 1 is 1.22 bits per heavy atom. The standard InChI is InChI=1S/C14H20N4/c1-3-4-5-6-10-7-8-17-14-11(10)12(15)9(2)13(16)18-14/h7-8H,3-6H2,1-2H3,(H4,15,16,17,18). The Hall–Kier alpha value is -1.84. The van der Waals surface area contributed by atoms with Crippen LogP contribution < -0.4 is 11.5 Å². The first-order valence-corrected chi connectivity index (χ1v) is 6.44. The Morgan fingerprint density at radius 2 is 2.00 bits per heavy atom. The summed E-state index contributed by atoms with van der Waals surface area (Å²) in [6.07, 6.45) is 6.40. The molecule has 0 bridgehead atoms. The van der Waals surface area contributed by atoms with Gasteiger partial charge in [0.15, 0.2) is 5.65 Å². The Bertz CT molecular complexity index is 563. The summed E-state index contributed by atoms with van der Waals surface area (Å²) in [6.45, 7) is 4.10. The van der Waals surface area contributed by atoms with Crippen LogP contribution in [-0.4, -0.2) is 9.97 Å². The number of nitrogens with zero attached hydrogens (tertiary/aromatic N) is 2. The summed E-state index contributed by atoms with van der Waals surface area (Å²) in [5.41, 5.74) is 15.4. The predicted octanol–water partition coefficient (Wildman–Crippen LogP) is 2.84. The second-order valence-corrected chi connectivity index (χ2v) is 4.66. The molecule has 4 heteroatoms. The van der Waals surface area contributed by atoms with Crippen molar-refractivity contribution in [3.8, 4) is 0 Å². The number of aryl methyl sites for hydroxylation is 1. The van der Waals surface area contributed by atoms with Gasteiger partial charge in [-0.05, 0) is 31.4 Å². The van der Waals surface area contributed by atoms with Gasteiger partial charge >= 0.3 is 0 Å². The van der Waals surface area contributed by atoms with Crippen LogP contribution >= 0.6 is 0 Å². The third kappa shape index (κ3) is 2.23. The summed E-state index contributed by atoms with van der Waals surface area (Å²) in [5.74, 6) is 0.471. The van der Waals surface area contributed by atoms with E-state index in [-0.39, 0.29) is 0 Å². The number of unbranched alkanes of at least 4 members (excludes halogenated alkanes) is 2. The lowest BCUT2D eigenvalue weighted by Crippen LogP contribution is -2.03. The monoisotopic (exact) mass is 244 g/mol. The highest BCUT2D eigenvalue weighted by atomic mass is 14.9. The first-order chi connectivity index (χ1) is 8.65. The number of nitrogens with two attached hydrogens (primary N) is 2.